The van der Waals surface area contributed by atoms with Crippen molar-refractivity contribution in [1.82, 2.24) is 0 Å². The van der Waals surface area contributed by atoms with Crippen molar-refractivity contribution in [3.8, 4) is 0 Å². The molecule has 1 unspecified atom stereocenters. The highest BCUT2D eigenvalue weighted by Gasteiger charge is 2.54. The Hall–Kier alpha value is -0.720. The van der Waals surface area contributed by atoms with Gasteiger partial charge in [0.05, 0.1) is 33.0 Å². The lowest BCUT2D eigenvalue weighted by Crippen LogP contribution is -2.67. The summed E-state index contributed by atoms with van der Waals surface area (Å²) in [6, 6.07) is 0. The van der Waals surface area contributed by atoms with Crippen molar-refractivity contribution in [2.75, 3.05) is 33.0 Å². The van der Waals surface area contributed by atoms with Gasteiger partial charge in [-0.15, -0.1) is 0 Å². The van der Waals surface area contributed by atoms with E-state index in [0.717, 1.165) is 0 Å². The normalized spacial score (nSPS) is 48.2. The number of aliphatic hydroxyl groups excluding tert-OH is 12. The summed E-state index contributed by atoms with van der Waals surface area (Å²) in [7, 11) is 0. The molecule has 0 aliphatic carbocycles. The smallest absolute Gasteiger partial charge is 0.187 e. The summed E-state index contributed by atoms with van der Waals surface area (Å²) in [5, 5.41) is 120. The predicted octanol–water partition coefficient (Wildman–Crippen LogP) is -8.20. The van der Waals surface area contributed by atoms with Crippen molar-refractivity contribution < 1.29 is 89.7 Å². The van der Waals surface area contributed by atoms with Crippen molar-refractivity contribution in [2.24, 2.45) is 0 Å². The Kier molecular flexibility index (Phi) is 12.1. The second kappa shape index (κ2) is 14.4. The van der Waals surface area contributed by atoms with Crippen LogP contribution in [0, 0.1) is 0 Å². The van der Waals surface area contributed by atoms with Gasteiger partial charge in [-0.2, -0.15) is 0 Å². The Morgan fingerprint density at radius 1 is 0.513 bits per heavy atom. The first kappa shape index (κ1) is 32.8. The van der Waals surface area contributed by atoms with E-state index in [1.807, 2.05) is 0 Å². The quantitative estimate of drug-likeness (QED) is 0.108. The first-order valence-corrected chi connectivity index (χ1v) is 12.3. The fourth-order valence-electron chi connectivity index (χ4n) is 4.39. The van der Waals surface area contributed by atoms with Gasteiger partial charge in [0.1, 0.15) is 79.4 Å². The fourth-order valence-corrected chi connectivity index (χ4v) is 4.39. The predicted molar refractivity (Wildman–Crippen MR) is 118 cm³/mol. The Morgan fingerprint density at radius 2 is 0.923 bits per heavy atom. The van der Waals surface area contributed by atoms with Crippen LogP contribution in [-0.4, -0.2) is 193 Å². The van der Waals surface area contributed by atoms with E-state index >= 15 is 0 Å². The molecule has 18 heteroatoms. The Morgan fingerprint density at radius 3 is 1.41 bits per heavy atom. The standard InChI is InChI=1S/C21H38O18/c22-1-6(26)5-34-20-17(14(31)11(28)8(3-24)36-20)39-21-18(15(32)12(29)9(4-25)37-21)38-19-16(33)13(30)10(27)7(2-23)35-19/h6-33H,1-5H2/t6?,7-,8-,9-,10-,11-,12-,13+,14+,15+,16-,17-,18-,19+,20+,21-/m1/s1. The second-order valence-corrected chi connectivity index (χ2v) is 9.48. The maximum atomic E-state index is 10.8. The zero-order valence-electron chi connectivity index (χ0n) is 20.6. The summed E-state index contributed by atoms with van der Waals surface area (Å²) in [6.45, 7) is -3.62. The summed E-state index contributed by atoms with van der Waals surface area (Å²) in [5.74, 6) is 0. The van der Waals surface area contributed by atoms with E-state index in [9.17, 15) is 56.2 Å². The third-order valence-corrected chi connectivity index (χ3v) is 6.74. The van der Waals surface area contributed by atoms with Crippen LogP contribution in [-0.2, 0) is 28.4 Å². The van der Waals surface area contributed by atoms with Gasteiger partial charge in [0, 0.05) is 0 Å². The molecule has 18 nitrogen and oxygen atoms in total. The van der Waals surface area contributed by atoms with E-state index in [2.05, 4.69) is 0 Å². The zero-order valence-corrected chi connectivity index (χ0v) is 20.6. The molecule has 12 N–H and O–H groups in total. The number of rotatable bonds is 11. The van der Waals surface area contributed by atoms with Crippen LogP contribution in [0.5, 0.6) is 0 Å². The van der Waals surface area contributed by atoms with Gasteiger partial charge in [-0.05, 0) is 0 Å². The molecule has 0 amide bonds. The van der Waals surface area contributed by atoms with E-state index in [0.29, 0.717) is 0 Å². The van der Waals surface area contributed by atoms with Crippen molar-refractivity contribution in [2.45, 2.75) is 98.2 Å². The molecule has 0 aromatic rings. The molecule has 3 heterocycles. The largest absolute Gasteiger partial charge is 0.394 e. The van der Waals surface area contributed by atoms with Crippen molar-refractivity contribution >= 4 is 0 Å². The minimum absolute atomic E-state index is 0.543. The minimum atomic E-state index is -1.92. The van der Waals surface area contributed by atoms with Gasteiger partial charge in [0.25, 0.3) is 0 Å². The maximum absolute atomic E-state index is 10.8. The monoisotopic (exact) mass is 578 g/mol. The van der Waals surface area contributed by atoms with E-state index < -0.39 is 131 Å². The van der Waals surface area contributed by atoms with Crippen molar-refractivity contribution in [3.63, 3.8) is 0 Å². The van der Waals surface area contributed by atoms with Crippen LogP contribution in [0.15, 0.2) is 0 Å². The highest BCUT2D eigenvalue weighted by molar-refractivity contribution is 4.96. The number of hydrogen-bond acceptors (Lipinski definition) is 18. The van der Waals surface area contributed by atoms with Crippen LogP contribution in [0.1, 0.15) is 0 Å². The molecular formula is C21H38O18. The average molecular weight is 579 g/mol. The van der Waals surface area contributed by atoms with Gasteiger partial charge < -0.3 is 89.7 Å². The molecule has 0 bridgehead atoms. The Labute approximate surface area is 221 Å². The molecule has 3 aliphatic heterocycles. The third kappa shape index (κ3) is 7.20. The third-order valence-electron chi connectivity index (χ3n) is 6.74. The molecule has 3 aliphatic rings. The van der Waals surface area contributed by atoms with Crippen molar-refractivity contribution in [1.29, 1.82) is 0 Å². The lowest BCUT2D eigenvalue weighted by molar-refractivity contribution is -0.394. The zero-order chi connectivity index (χ0) is 29.0. The van der Waals surface area contributed by atoms with Gasteiger partial charge in [0.15, 0.2) is 18.9 Å². The number of ether oxygens (including phenoxy) is 6. The highest BCUT2D eigenvalue weighted by atomic mass is 16.8. The molecular weight excluding hydrogens is 540 g/mol. The average Bonchev–Trinajstić information content (AvgIpc) is 2.93. The lowest BCUT2D eigenvalue weighted by Gasteiger charge is -2.48. The summed E-state index contributed by atoms with van der Waals surface area (Å²) in [5.41, 5.74) is 0. The summed E-state index contributed by atoms with van der Waals surface area (Å²) < 4.78 is 32.8. The molecule has 3 fully saturated rings. The van der Waals surface area contributed by atoms with Crippen LogP contribution in [0.3, 0.4) is 0 Å². The van der Waals surface area contributed by atoms with E-state index in [1.54, 1.807) is 0 Å². The SMILES string of the molecule is OCC(O)CO[C@H]1O[C@H](CO)[C@@H](O)[C@H](O)[C@H]1O[C@H]1O[C@H](CO)[C@@H](O)[C@H](O)[C@H]1O[C@@H]1O[C@H](CO)[C@@H](O)[C@H](O)[C@H]1O. The van der Waals surface area contributed by atoms with Gasteiger partial charge in [0.2, 0.25) is 0 Å². The summed E-state index contributed by atoms with van der Waals surface area (Å²) in [4.78, 5) is 0. The Balaban J connectivity index is 1.86. The highest BCUT2D eigenvalue weighted by Crippen LogP contribution is 2.33. The summed E-state index contributed by atoms with van der Waals surface area (Å²) >= 11 is 0. The van der Waals surface area contributed by atoms with E-state index in [4.69, 9.17) is 33.5 Å². The second-order valence-electron chi connectivity index (χ2n) is 9.48. The minimum Gasteiger partial charge on any atom is -0.394 e. The molecule has 0 radical (unpaired) electrons. The van der Waals surface area contributed by atoms with Gasteiger partial charge in [-0.25, -0.2) is 0 Å². The van der Waals surface area contributed by atoms with Crippen LogP contribution in [0.4, 0.5) is 0 Å². The Bertz CT molecular complexity index is 731. The molecule has 230 valence electrons. The van der Waals surface area contributed by atoms with Crippen LogP contribution in [0.25, 0.3) is 0 Å². The topological polar surface area (TPSA) is 298 Å². The van der Waals surface area contributed by atoms with Gasteiger partial charge in [-0.3, -0.25) is 0 Å². The van der Waals surface area contributed by atoms with Crippen molar-refractivity contribution in [3.05, 3.63) is 0 Å². The van der Waals surface area contributed by atoms with Gasteiger partial charge in [-0.1, -0.05) is 0 Å². The first-order chi connectivity index (χ1) is 18.5. The van der Waals surface area contributed by atoms with E-state index in [-0.39, 0.29) is 0 Å². The number of hydrogen-bond donors (Lipinski definition) is 12. The van der Waals surface area contributed by atoms with Gasteiger partial charge >= 0.3 is 0 Å². The molecule has 3 saturated heterocycles. The molecule has 39 heavy (non-hydrogen) atoms. The van der Waals surface area contributed by atoms with Crippen LogP contribution >= 0.6 is 0 Å². The molecule has 0 aromatic carbocycles. The molecule has 0 spiro atoms. The lowest BCUT2D eigenvalue weighted by atomic mass is 9.96. The van der Waals surface area contributed by atoms with E-state index in [1.165, 1.54) is 0 Å². The maximum Gasteiger partial charge on any atom is 0.187 e. The number of aliphatic hydroxyl groups is 12. The molecule has 3 rings (SSSR count). The van der Waals surface area contributed by atoms with Crippen LogP contribution in [0.2, 0.25) is 0 Å². The molecule has 0 aromatic heterocycles. The summed E-state index contributed by atoms with van der Waals surface area (Å²) in [6.07, 6.45) is -27.1. The fraction of sp³-hybridized carbons (Fsp3) is 1.00. The first-order valence-electron chi connectivity index (χ1n) is 12.3. The molecule has 16 atom stereocenters. The molecule has 0 saturated carbocycles. The van der Waals surface area contributed by atoms with Crippen LogP contribution < -0.4 is 0 Å².